The summed E-state index contributed by atoms with van der Waals surface area (Å²) in [4.78, 5) is 14.2. The second kappa shape index (κ2) is 6.93. The predicted molar refractivity (Wildman–Crippen MR) is 76.8 cm³/mol. The van der Waals surface area contributed by atoms with E-state index in [1.54, 1.807) is 6.92 Å². The highest BCUT2D eigenvalue weighted by molar-refractivity contribution is 6.00. The lowest BCUT2D eigenvalue weighted by Crippen LogP contribution is -2.42. The molecule has 0 N–H and O–H groups in total. The Labute approximate surface area is 119 Å². The molecule has 20 heavy (non-hydrogen) atoms. The van der Waals surface area contributed by atoms with Crippen molar-refractivity contribution in [1.82, 2.24) is 4.90 Å². The van der Waals surface area contributed by atoms with Crippen molar-refractivity contribution >= 4 is 5.78 Å². The molecular formula is C16H23F2NO. The minimum absolute atomic E-state index is 0.0532. The van der Waals surface area contributed by atoms with Crippen molar-refractivity contribution < 1.29 is 13.6 Å². The van der Waals surface area contributed by atoms with Gasteiger partial charge in [0.25, 0.3) is 0 Å². The molecule has 0 heterocycles. The molecule has 0 aliphatic rings. The summed E-state index contributed by atoms with van der Waals surface area (Å²) >= 11 is 0. The SMILES string of the molecule is CC(C)CC(C)N(C)C(C)C(=O)c1ccc(F)cc1F. The van der Waals surface area contributed by atoms with Gasteiger partial charge in [0.15, 0.2) is 5.78 Å². The van der Waals surface area contributed by atoms with E-state index in [0.717, 1.165) is 18.6 Å². The highest BCUT2D eigenvalue weighted by Gasteiger charge is 2.25. The van der Waals surface area contributed by atoms with Crippen LogP contribution in [0.4, 0.5) is 8.78 Å². The molecule has 2 nitrogen and oxygen atoms in total. The Balaban J connectivity index is 2.85. The number of nitrogens with zero attached hydrogens (tertiary/aromatic N) is 1. The molecular weight excluding hydrogens is 260 g/mol. The van der Waals surface area contributed by atoms with Gasteiger partial charge in [0.1, 0.15) is 11.6 Å². The van der Waals surface area contributed by atoms with Crippen molar-refractivity contribution in [3.8, 4) is 0 Å². The first-order valence-corrected chi connectivity index (χ1v) is 6.95. The molecule has 0 fully saturated rings. The van der Waals surface area contributed by atoms with E-state index >= 15 is 0 Å². The topological polar surface area (TPSA) is 20.3 Å². The number of hydrogen-bond donors (Lipinski definition) is 0. The summed E-state index contributed by atoms with van der Waals surface area (Å²) in [6.45, 7) is 8.04. The lowest BCUT2D eigenvalue weighted by Gasteiger charge is -2.31. The normalized spacial score (nSPS) is 14.7. The number of halogens is 2. The predicted octanol–water partition coefficient (Wildman–Crippen LogP) is 3.90. The lowest BCUT2D eigenvalue weighted by molar-refractivity contribution is 0.0807. The second-order valence-electron chi connectivity index (χ2n) is 5.81. The smallest absolute Gasteiger partial charge is 0.182 e. The average molecular weight is 283 g/mol. The minimum atomic E-state index is -0.799. The molecule has 0 aliphatic heterocycles. The Kier molecular flexibility index (Phi) is 5.81. The van der Waals surface area contributed by atoms with Crippen LogP contribution in [-0.2, 0) is 0 Å². The van der Waals surface area contributed by atoms with Crippen molar-refractivity contribution in [2.75, 3.05) is 7.05 Å². The first-order valence-electron chi connectivity index (χ1n) is 6.95. The van der Waals surface area contributed by atoms with Gasteiger partial charge in [0.05, 0.1) is 11.6 Å². The molecule has 0 spiro atoms. The maximum atomic E-state index is 13.7. The molecule has 0 saturated heterocycles. The van der Waals surface area contributed by atoms with Crippen LogP contribution in [-0.4, -0.2) is 29.8 Å². The summed E-state index contributed by atoms with van der Waals surface area (Å²) in [5.74, 6) is -1.27. The molecule has 1 rings (SSSR count). The Bertz CT molecular complexity index is 474. The number of hydrogen-bond acceptors (Lipinski definition) is 2. The molecule has 0 saturated carbocycles. The van der Waals surface area contributed by atoms with Gasteiger partial charge in [0.2, 0.25) is 0 Å². The summed E-state index contributed by atoms with van der Waals surface area (Å²) in [7, 11) is 1.86. The van der Waals surface area contributed by atoms with Gasteiger partial charge in [0, 0.05) is 12.1 Å². The number of carbonyl (C=O) groups excluding carboxylic acids is 1. The first kappa shape index (κ1) is 16.8. The van der Waals surface area contributed by atoms with Crippen LogP contribution in [0.25, 0.3) is 0 Å². The second-order valence-corrected chi connectivity index (χ2v) is 5.81. The number of rotatable bonds is 6. The van der Waals surface area contributed by atoms with E-state index < -0.39 is 17.7 Å². The number of carbonyl (C=O) groups is 1. The van der Waals surface area contributed by atoms with Crippen LogP contribution < -0.4 is 0 Å². The highest BCUT2D eigenvalue weighted by Crippen LogP contribution is 2.17. The van der Waals surface area contributed by atoms with Crippen LogP contribution in [0.1, 0.15) is 44.5 Å². The van der Waals surface area contributed by atoms with Crippen molar-refractivity contribution in [2.45, 2.75) is 46.2 Å². The number of ketones is 1. The molecule has 1 aromatic rings. The van der Waals surface area contributed by atoms with E-state index in [2.05, 4.69) is 13.8 Å². The standard InChI is InChI=1S/C16H23F2NO/c1-10(2)8-11(3)19(5)12(4)16(20)14-7-6-13(17)9-15(14)18/h6-7,9-12H,8H2,1-5H3. The summed E-state index contributed by atoms with van der Waals surface area (Å²) in [5.41, 5.74) is -0.0532. The Morgan fingerprint density at radius 2 is 1.80 bits per heavy atom. The van der Waals surface area contributed by atoms with Crippen molar-refractivity contribution in [3.63, 3.8) is 0 Å². The fourth-order valence-electron chi connectivity index (χ4n) is 2.33. The van der Waals surface area contributed by atoms with E-state index in [1.807, 2.05) is 18.9 Å². The maximum Gasteiger partial charge on any atom is 0.182 e. The van der Waals surface area contributed by atoms with Crippen molar-refractivity contribution in [3.05, 3.63) is 35.4 Å². The van der Waals surface area contributed by atoms with E-state index in [0.29, 0.717) is 5.92 Å². The van der Waals surface area contributed by atoms with Gasteiger partial charge in [-0.2, -0.15) is 0 Å². The molecule has 0 aromatic heterocycles. The third-order valence-electron chi connectivity index (χ3n) is 3.69. The average Bonchev–Trinajstić information content (AvgIpc) is 2.35. The molecule has 2 atom stereocenters. The van der Waals surface area contributed by atoms with Crippen LogP contribution in [0.2, 0.25) is 0 Å². The Hall–Kier alpha value is -1.29. The monoisotopic (exact) mass is 283 g/mol. The van der Waals surface area contributed by atoms with Crippen molar-refractivity contribution in [2.24, 2.45) is 5.92 Å². The molecule has 0 aliphatic carbocycles. The van der Waals surface area contributed by atoms with Crippen LogP contribution in [0.15, 0.2) is 18.2 Å². The zero-order chi connectivity index (χ0) is 15.4. The quantitative estimate of drug-likeness (QED) is 0.738. The fraction of sp³-hybridized carbons (Fsp3) is 0.562. The van der Waals surface area contributed by atoms with Gasteiger partial charge >= 0.3 is 0 Å². The molecule has 112 valence electrons. The van der Waals surface area contributed by atoms with Gasteiger partial charge in [-0.05, 0) is 45.4 Å². The molecule has 4 heteroatoms. The molecule has 0 bridgehead atoms. The molecule has 0 radical (unpaired) electrons. The lowest BCUT2D eigenvalue weighted by atomic mass is 9.99. The first-order chi connectivity index (χ1) is 9.23. The highest BCUT2D eigenvalue weighted by atomic mass is 19.1. The van der Waals surface area contributed by atoms with E-state index in [-0.39, 0.29) is 17.4 Å². The van der Waals surface area contributed by atoms with Crippen LogP contribution >= 0.6 is 0 Å². The summed E-state index contributed by atoms with van der Waals surface area (Å²) in [6.07, 6.45) is 0.958. The van der Waals surface area contributed by atoms with Crippen LogP contribution in [0, 0.1) is 17.6 Å². The molecule has 0 amide bonds. The van der Waals surface area contributed by atoms with Crippen LogP contribution in [0.5, 0.6) is 0 Å². The van der Waals surface area contributed by atoms with Gasteiger partial charge in [-0.1, -0.05) is 13.8 Å². The van der Waals surface area contributed by atoms with Gasteiger partial charge in [-0.3, -0.25) is 9.69 Å². The maximum absolute atomic E-state index is 13.7. The van der Waals surface area contributed by atoms with Crippen molar-refractivity contribution in [1.29, 1.82) is 0 Å². The van der Waals surface area contributed by atoms with Crippen LogP contribution in [0.3, 0.4) is 0 Å². The zero-order valence-electron chi connectivity index (χ0n) is 12.8. The largest absolute Gasteiger partial charge is 0.294 e. The third-order valence-corrected chi connectivity index (χ3v) is 3.69. The number of Topliss-reactive ketones (excluding diaryl/α,β-unsaturated/α-hetero) is 1. The van der Waals surface area contributed by atoms with E-state index in [1.165, 1.54) is 6.07 Å². The summed E-state index contributed by atoms with van der Waals surface area (Å²) in [5, 5.41) is 0. The Morgan fingerprint density at radius 3 is 2.30 bits per heavy atom. The Morgan fingerprint density at radius 1 is 1.20 bits per heavy atom. The van der Waals surface area contributed by atoms with Gasteiger partial charge in [-0.25, -0.2) is 8.78 Å². The zero-order valence-corrected chi connectivity index (χ0v) is 12.8. The van der Waals surface area contributed by atoms with Gasteiger partial charge < -0.3 is 0 Å². The minimum Gasteiger partial charge on any atom is -0.294 e. The summed E-state index contributed by atoms with van der Waals surface area (Å²) in [6, 6.07) is 2.85. The fourth-order valence-corrected chi connectivity index (χ4v) is 2.33. The number of likely N-dealkylation sites (N-methyl/N-ethyl adjacent to an activating group) is 1. The summed E-state index contributed by atoms with van der Waals surface area (Å²) < 4.78 is 26.5. The van der Waals surface area contributed by atoms with E-state index in [4.69, 9.17) is 0 Å². The van der Waals surface area contributed by atoms with Gasteiger partial charge in [-0.15, -0.1) is 0 Å². The number of benzene rings is 1. The molecule has 2 unspecified atom stereocenters. The molecule has 1 aromatic carbocycles. The van der Waals surface area contributed by atoms with E-state index in [9.17, 15) is 13.6 Å². The third kappa shape index (κ3) is 4.10.